The van der Waals surface area contributed by atoms with Gasteiger partial charge in [-0.05, 0) is 56.8 Å². The molecule has 0 saturated carbocycles. The van der Waals surface area contributed by atoms with Gasteiger partial charge in [-0.25, -0.2) is 9.79 Å². The second-order valence-electron chi connectivity index (χ2n) is 10.0. The summed E-state index contributed by atoms with van der Waals surface area (Å²) in [6.07, 6.45) is 2.81. The highest BCUT2D eigenvalue weighted by atomic mass is 16.5. The molecule has 11 heteroatoms. The number of methoxy groups -OCH3 is 2. The standard InChI is InChI=1S/C31H39N7O4/c1-7-28(39)33-26-11-9-10-12-27(26)34-30(32-4)35-29-21(3)20-37(23-17-24(41-5)19-25(18-23)42-6)31(40)38(29)22-13-15-36(8-2)16-14-22/h7,9-12,17-19,22H,1,4,8,13-16,20H2,2-3,5-6H3,(H,33,39)(H,34,35). The molecule has 222 valence electrons. The van der Waals surface area contributed by atoms with Crippen LogP contribution in [0.1, 0.15) is 26.7 Å². The van der Waals surface area contributed by atoms with Gasteiger partial charge in [0.1, 0.15) is 17.3 Å². The second-order valence-corrected chi connectivity index (χ2v) is 10.0. The largest absolute Gasteiger partial charge is 0.497 e. The lowest BCUT2D eigenvalue weighted by molar-refractivity contribution is -0.111. The van der Waals surface area contributed by atoms with Gasteiger partial charge in [-0.1, -0.05) is 25.6 Å². The molecule has 2 aliphatic rings. The smallest absolute Gasteiger partial charge is 0.330 e. The van der Waals surface area contributed by atoms with Crippen LogP contribution in [0.2, 0.25) is 0 Å². The molecule has 2 aliphatic heterocycles. The minimum absolute atomic E-state index is 0.0606. The van der Waals surface area contributed by atoms with Gasteiger partial charge in [-0.2, -0.15) is 4.99 Å². The number of aliphatic imine (C=N–C) groups is 2. The minimum Gasteiger partial charge on any atom is -0.497 e. The molecular weight excluding hydrogens is 534 g/mol. The van der Waals surface area contributed by atoms with Crippen molar-refractivity contribution in [1.82, 2.24) is 9.80 Å². The molecule has 0 bridgehead atoms. The fraction of sp³-hybridized carbons (Fsp3) is 0.355. The van der Waals surface area contributed by atoms with Gasteiger partial charge in [-0.15, -0.1) is 0 Å². The quantitative estimate of drug-likeness (QED) is 0.249. The van der Waals surface area contributed by atoms with Gasteiger partial charge in [-0.3, -0.25) is 14.6 Å². The van der Waals surface area contributed by atoms with Gasteiger partial charge in [0.05, 0.1) is 37.8 Å². The van der Waals surface area contributed by atoms with E-state index in [9.17, 15) is 9.59 Å². The summed E-state index contributed by atoms with van der Waals surface area (Å²) < 4.78 is 10.9. The third-order valence-corrected chi connectivity index (χ3v) is 7.44. The van der Waals surface area contributed by atoms with Crippen LogP contribution in [-0.2, 0) is 4.79 Å². The van der Waals surface area contributed by atoms with Gasteiger partial charge in [0.15, 0.2) is 0 Å². The van der Waals surface area contributed by atoms with E-state index in [2.05, 4.69) is 40.7 Å². The number of carbonyl (C=O) groups excluding carboxylic acids is 2. The number of para-hydroxylation sites is 2. The van der Waals surface area contributed by atoms with Crippen LogP contribution in [0.25, 0.3) is 0 Å². The molecule has 4 rings (SSSR count). The number of nitrogens with zero attached hydrogens (tertiary/aromatic N) is 5. The van der Waals surface area contributed by atoms with Crippen LogP contribution in [0.15, 0.2) is 76.5 Å². The predicted molar refractivity (Wildman–Crippen MR) is 168 cm³/mol. The highest BCUT2D eigenvalue weighted by Gasteiger charge is 2.38. The number of amides is 3. The molecule has 2 heterocycles. The molecule has 0 aromatic heterocycles. The number of piperidine rings is 1. The monoisotopic (exact) mass is 573 g/mol. The van der Waals surface area contributed by atoms with Crippen LogP contribution in [0.5, 0.6) is 11.5 Å². The van der Waals surface area contributed by atoms with Gasteiger partial charge in [0.2, 0.25) is 11.9 Å². The first kappa shape index (κ1) is 30.3. The van der Waals surface area contributed by atoms with E-state index >= 15 is 0 Å². The van der Waals surface area contributed by atoms with E-state index in [0.717, 1.165) is 38.0 Å². The third kappa shape index (κ3) is 6.80. The lowest BCUT2D eigenvalue weighted by Gasteiger charge is -2.43. The first-order chi connectivity index (χ1) is 20.3. The number of nitrogens with one attached hydrogen (secondary N) is 2. The van der Waals surface area contributed by atoms with Gasteiger partial charge >= 0.3 is 6.03 Å². The molecule has 2 aromatic carbocycles. The zero-order valence-corrected chi connectivity index (χ0v) is 24.7. The van der Waals surface area contributed by atoms with E-state index in [1.165, 1.54) is 6.08 Å². The molecule has 0 unspecified atom stereocenters. The van der Waals surface area contributed by atoms with Crippen molar-refractivity contribution in [2.24, 2.45) is 9.98 Å². The molecular formula is C31H39N7O4. The molecule has 2 aromatic rings. The van der Waals surface area contributed by atoms with Crippen molar-refractivity contribution in [1.29, 1.82) is 0 Å². The van der Waals surface area contributed by atoms with Gasteiger partial charge < -0.3 is 25.0 Å². The molecule has 42 heavy (non-hydrogen) atoms. The molecule has 0 aliphatic carbocycles. The maximum atomic E-state index is 14.3. The van der Waals surface area contributed by atoms with Crippen LogP contribution in [0.3, 0.4) is 0 Å². The van der Waals surface area contributed by atoms with E-state index in [4.69, 9.17) is 14.5 Å². The maximum absolute atomic E-state index is 14.3. The molecule has 0 spiro atoms. The summed E-state index contributed by atoms with van der Waals surface area (Å²) in [5, 5.41) is 5.94. The second kappa shape index (κ2) is 13.8. The molecule has 0 atom stereocenters. The normalized spacial score (nSPS) is 16.8. The van der Waals surface area contributed by atoms with Gasteiger partial charge in [0.25, 0.3) is 0 Å². The highest BCUT2D eigenvalue weighted by Crippen LogP contribution is 2.35. The lowest BCUT2D eigenvalue weighted by Crippen LogP contribution is -2.54. The molecule has 2 N–H and O–H groups in total. The van der Waals surface area contributed by atoms with Crippen molar-refractivity contribution in [3.63, 3.8) is 0 Å². The van der Waals surface area contributed by atoms with E-state index in [-0.39, 0.29) is 23.9 Å². The summed E-state index contributed by atoms with van der Waals surface area (Å²) in [6.45, 7) is 14.4. The number of guanidine groups is 1. The highest BCUT2D eigenvalue weighted by molar-refractivity contribution is 6.05. The third-order valence-electron chi connectivity index (χ3n) is 7.44. The average molecular weight is 574 g/mol. The number of anilines is 3. The fourth-order valence-electron chi connectivity index (χ4n) is 5.13. The Morgan fingerprint density at radius 1 is 1.07 bits per heavy atom. The zero-order valence-electron chi connectivity index (χ0n) is 24.7. The van der Waals surface area contributed by atoms with Crippen molar-refractivity contribution in [2.75, 3.05) is 55.9 Å². The summed E-state index contributed by atoms with van der Waals surface area (Å²) in [6, 6.07) is 12.4. The number of benzene rings is 2. The Morgan fingerprint density at radius 2 is 1.69 bits per heavy atom. The van der Waals surface area contributed by atoms with Gasteiger partial charge in [0, 0.05) is 37.3 Å². The zero-order chi connectivity index (χ0) is 30.2. The first-order valence-corrected chi connectivity index (χ1v) is 13.9. The maximum Gasteiger partial charge on any atom is 0.330 e. The predicted octanol–water partition coefficient (Wildman–Crippen LogP) is 4.95. The van der Waals surface area contributed by atoms with Crippen LogP contribution in [0.4, 0.5) is 21.9 Å². The Labute approximate surface area is 247 Å². The van der Waals surface area contributed by atoms with Crippen LogP contribution in [0, 0.1) is 0 Å². The Morgan fingerprint density at radius 3 is 2.24 bits per heavy atom. The number of rotatable bonds is 9. The molecule has 11 nitrogen and oxygen atoms in total. The number of hydrogen-bond donors (Lipinski definition) is 2. The van der Waals surface area contributed by atoms with Crippen molar-refractivity contribution in [3.05, 3.63) is 66.5 Å². The Kier molecular flexibility index (Phi) is 9.98. The average Bonchev–Trinajstić information content (AvgIpc) is 3.02. The lowest BCUT2D eigenvalue weighted by atomic mass is 10.0. The molecule has 1 fully saturated rings. The first-order valence-electron chi connectivity index (χ1n) is 13.9. The molecule has 1 saturated heterocycles. The topological polar surface area (TPSA) is 111 Å². The fourth-order valence-corrected chi connectivity index (χ4v) is 5.13. The SMILES string of the molecule is C=CC(=O)Nc1ccccc1N/C(N=C)=N/C1=C(C)CN(c2cc(OC)cc(OC)c2)C(=O)N1C1CCN(CC)CC1. The number of carbonyl (C=O) groups is 2. The summed E-state index contributed by atoms with van der Waals surface area (Å²) >= 11 is 0. The summed E-state index contributed by atoms with van der Waals surface area (Å²) in [5.74, 6) is 1.57. The Balaban J connectivity index is 1.74. The van der Waals surface area contributed by atoms with E-state index in [0.29, 0.717) is 40.9 Å². The summed E-state index contributed by atoms with van der Waals surface area (Å²) in [4.78, 5) is 41.1. The van der Waals surface area contributed by atoms with Crippen molar-refractivity contribution in [3.8, 4) is 11.5 Å². The summed E-state index contributed by atoms with van der Waals surface area (Å²) in [7, 11) is 3.17. The minimum atomic E-state index is -0.343. The number of ether oxygens (including phenoxy) is 2. The van der Waals surface area contributed by atoms with Crippen molar-refractivity contribution >= 4 is 41.7 Å². The Hall–Kier alpha value is -4.64. The molecule has 3 amide bonds. The van der Waals surface area contributed by atoms with Crippen molar-refractivity contribution in [2.45, 2.75) is 32.7 Å². The van der Waals surface area contributed by atoms with E-state index in [1.807, 2.05) is 25.1 Å². The van der Waals surface area contributed by atoms with Crippen molar-refractivity contribution < 1.29 is 19.1 Å². The van der Waals surface area contributed by atoms with Crippen LogP contribution in [-0.4, -0.2) is 80.9 Å². The summed E-state index contributed by atoms with van der Waals surface area (Å²) in [5.41, 5.74) is 2.66. The number of hydrogen-bond acceptors (Lipinski definition) is 6. The Bertz CT molecular complexity index is 1370. The molecule has 0 radical (unpaired) electrons. The number of urea groups is 1. The van der Waals surface area contributed by atoms with Crippen LogP contribution >= 0.6 is 0 Å². The van der Waals surface area contributed by atoms with E-state index in [1.54, 1.807) is 48.3 Å². The number of likely N-dealkylation sites (tertiary alicyclic amines) is 1. The van der Waals surface area contributed by atoms with Crippen LogP contribution < -0.4 is 25.0 Å². The van der Waals surface area contributed by atoms with E-state index < -0.39 is 0 Å².